The lowest BCUT2D eigenvalue weighted by molar-refractivity contribution is -0.121. The molecule has 3 aliphatic heterocycles. The molecule has 0 saturated carbocycles. The summed E-state index contributed by atoms with van der Waals surface area (Å²) in [7, 11) is 5.69. The number of aliphatic imine (C=N–C) groups is 1. The van der Waals surface area contributed by atoms with Gasteiger partial charge in [-0.3, -0.25) is 9.69 Å². The lowest BCUT2D eigenvalue weighted by Crippen LogP contribution is -2.34. The summed E-state index contributed by atoms with van der Waals surface area (Å²) in [4.78, 5) is 23.5. The van der Waals surface area contributed by atoms with E-state index < -0.39 is 6.10 Å². The van der Waals surface area contributed by atoms with E-state index in [4.69, 9.17) is 0 Å². The number of anilines is 2. The van der Waals surface area contributed by atoms with Gasteiger partial charge in [-0.25, -0.2) is 4.99 Å². The van der Waals surface area contributed by atoms with E-state index in [0.717, 1.165) is 42.7 Å². The van der Waals surface area contributed by atoms with Crippen LogP contribution in [0.5, 0.6) is 0 Å². The van der Waals surface area contributed by atoms with E-state index in [1.165, 1.54) is 34.6 Å². The van der Waals surface area contributed by atoms with Crippen LogP contribution in [0.1, 0.15) is 41.2 Å². The maximum absolute atomic E-state index is 12.9. The number of rotatable bonds is 5. The number of hydrogen-bond acceptors (Lipinski definition) is 5. The van der Waals surface area contributed by atoms with Gasteiger partial charge in [-0.15, -0.1) is 0 Å². The fourth-order valence-corrected chi connectivity index (χ4v) is 5.09. The topological polar surface area (TPSA) is 59.4 Å². The SMILES string of the molecule is CN1C(=O)/C(=C/c2cc3c4c(c2)CCCN4CCC3)N=C1/C=C/C(O)c1ccc(N(C)C)cc1. The molecule has 0 saturated heterocycles. The van der Waals surface area contributed by atoms with Gasteiger partial charge in [0, 0.05) is 45.6 Å². The van der Waals surface area contributed by atoms with Crippen LogP contribution in [0.3, 0.4) is 0 Å². The van der Waals surface area contributed by atoms with Crippen molar-refractivity contribution in [1.82, 2.24) is 4.90 Å². The average molecular weight is 457 g/mol. The number of amidine groups is 1. The van der Waals surface area contributed by atoms with Crippen molar-refractivity contribution in [3.05, 3.63) is 76.5 Å². The zero-order valence-corrected chi connectivity index (χ0v) is 20.2. The summed E-state index contributed by atoms with van der Waals surface area (Å²) >= 11 is 0. The summed E-state index contributed by atoms with van der Waals surface area (Å²) < 4.78 is 0. The summed E-state index contributed by atoms with van der Waals surface area (Å²) in [5.74, 6) is 0.406. The molecule has 0 bridgehead atoms. The van der Waals surface area contributed by atoms with Gasteiger partial charge in [-0.1, -0.05) is 12.1 Å². The van der Waals surface area contributed by atoms with Crippen molar-refractivity contribution in [1.29, 1.82) is 0 Å². The Balaban J connectivity index is 1.37. The zero-order valence-electron chi connectivity index (χ0n) is 20.2. The van der Waals surface area contributed by atoms with E-state index >= 15 is 0 Å². The average Bonchev–Trinajstić information content (AvgIpc) is 3.10. The molecule has 2 aromatic rings. The highest BCUT2D eigenvalue weighted by atomic mass is 16.3. The first-order chi connectivity index (χ1) is 16.4. The van der Waals surface area contributed by atoms with Gasteiger partial charge in [0.25, 0.3) is 5.91 Å². The summed E-state index contributed by atoms with van der Waals surface area (Å²) in [6.07, 6.45) is 9.07. The van der Waals surface area contributed by atoms with Gasteiger partial charge in [-0.2, -0.15) is 0 Å². The monoisotopic (exact) mass is 456 g/mol. The summed E-state index contributed by atoms with van der Waals surface area (Å²) in [6, 6.07) is 12.2. The number of aliphatic hydroxyl groups is 1. The van der Waals surface area contributed by atoms with Crippen LogP contribution >= 0.6 is 0 Å². The van der Waals surface area contributed by atoms with E-state index in [1.54, 1.807) is 19.2 Å². The number of aryl methyl sites for hydroxylation is 2. The Morgan fingerprint density at radius 2 is 1.71 bits per heavy atom. The number of nitrogens with zero attached hydrogens (tertiary/aromatic N) is 4. The Labute approximate surface area is 201 Å². The zero-order chi connectivity index (χ0) is 23.8. The molecule has 1 atom stereocenters. The van der Waals surface area contributed by atoms with Crippen molar-refractivity contribution < 1.29 is 9.90 Å². The molecule has 6 heteroatoms. The molecule has 1 unspecified atom stereocenters. The molecule has 3 heterocycles. The summed E-state index contributed by atoms with van der Waals surface area (Å²) in [6.45, 7) is 2.30. The molecular formula is C28H32N4O2. The number of benzene rings is 2. The summed E-state index contributed by atoms with van der Waals surface area (Å²) in [5.41, 5.74) is 7.55. The van der Waals surface area contributed by atoms with Crippen LogP contribution in [0.15, 0.2) is 59.2 Å². The third-order valence-corrected chi connectivity index (χ3v) is 6.94. The molecular weight excluding hydrogens is 424 g/mol. The van der Waals surface area contributed by atoms with Gasteiger partial charge in [0.2, 0.25) is 0 Å². The van der Waals surface area contributed by atoms with E-state index in [2.05, 4.69) is 22.0 Å². The van der Waals surface area contributed by atoms with Crippen LogP contribution in [-0.4, -0.2) is 56.0 Å². The van der Waals surface area contributed by atoms with E-state index in [9.17, 15) is 9.90 Å². The second-order valence-electron chi connectivity index (χ2n) is 9.54. The number of carbonyl (C=O) groups is 1. The number of amides is 1. The number of carbonyl (C=O) groups excluding carboxylic acids is 1. The predicted octanol–water partition coefficient (Wildman–Crippen LogP) is 3.95. The fourth-order valence-electron chi connectivity index (χ4n) is 5.09. The minimum atomic E-state index is -0.771. The highest BCUT2D eigenvalue weighted by molar-refractivity contribution is 6.17. The molecule has 3 aliphatic rings. The van der Waals surface area contributed by atoms with E-state index in [1.807, 2.05) is 49.3 Å². The second-order valence-corrected chi connectivity index (χ2v) is 9.54. The first-order valence-corrected chi connectivity index (χ1v) is 12.0. The maximum atomic E-state index is 12.9. The first kappa shape index (κ1) is 22.4. The third-order valence-electron chi connectivity index (χ3n) is 6.94. The number of aliphatic hydroxyl groups excluding tert-OH is 1. The molecule has 5 rings (SSSR count). The van der Waals surface area contributed by atoms with Crippen molar-refractivity contribution in [3.63, 3.8) is 0 Å². The first-order valence-electron chi connectivity index (χ1n) is 12.0. The van der Waals surface area contributed by atoms with Crippen LogP contribution in [0.25, 0.3) is 6.08 Å². The minimum Gasteiger partial charge on any atom is -0.384 e. The van der Waals surface area contributed by atoms with Crippen molar-refractivity contribution >= 4 is 29.2 Å². The lowest BCUT2D eigenvalue weighted by Gasteiger charge is -2.37. The van der Waals surface area contributed by atoms with Crippen LogP contribution in [0, 0.1) is 0 Å². The molecule has 0 aliphatic carbocycles. The molecule has 0 fully saturated rings. The molecule has 1 N–H and O–H groups in total. The molecule has 0 spiro atoms. The van der Waals surface area contributed by atoms with Gasteiger partial charge in [0.05, 0.1) is 6.10 Å². The lowest BCUT2D eigenvalue weighted by atomic mass is 9.90. The van der Waals surface area contributed by atoms with Crippen LogP contribution in [0.2, 0.25) is 0 Å². The van der Waals surface area contributed by atoms with Gasteiger partial charge in [0.15, 0.2) is 0 Å². The Morgan fingerprint density at radius 1 is 1.06 bits per heavy atom. The van der Waals surface area contributed by atoms with E-state index in [0.29, 0.717) is 11.5 Å². The van der Waals surface area contributed by atoms with Gasteiger partial charge >= 0.3 is 0 Å². The molecule has 2 aromatic carbocycles. The fraction of sp³-hybridized carbons (Fsp3) is 0.357. The highest BCUT2D eigenvalue weighted by Gasteiger charge is 2.27. The van der Waals surface area contributed by atoms with Gasteiger partial charge in [-0.05, 0) is 90.4 Å². The van der Waals surface area contributed by atoms with Gasteiger partial charge < -0.3 is 14.9 Å². The molecule has 176 valence electrons. The molecule has 6 nitrogen and oxygen atoms in total. The Hall–Kier alpha value is -3.38. The van der Waals surface area contributed by atoms with Crippen LogP contribution in [-0.2, 0) is 17.6 Å². The second kappa shape index (κ2) is 9.11. The largest absolute Gasteiger partial charge is 0.384 e. The smallest absolute Gasteiger partial charge is 0.277 e. The maximum Gasteiger partial charge on any atom is 0.277 e. The van der Waals surface area contributed by atoms with Crippen molar-refractivity contribution in [2.45, 2.75) is 31.8 Å². The normalized spacial score (nSPS) is 19.6. The van der Waals surface area contributed by atoms with E-state index in [-0.39, 0.29) is 5.91 Å². The molecule has 34 heavy (non-hydrogen) atoms. The third kappa shape index (κ3) is 4.26. The summed E-state index contributed by atoms with van der Waals surface area (Å²) in [5, 5.41) is 10.6. The highest BCUT2D eigenvalue weighted by Crippen LogP contribution is 2.36. The quantitative estimate of drug-likeness (QED) is 0.692. The van der Waals surface area contributed by atoms with Crippen LogP contribution < -0.4 is 9.80 Å². The molecule has 1 amide bonds. The van der Waals surface area contributed by atoms with Crippen molar-refractivity contribution in [2.24, 2.45) is 4.99 Å². The van der Waals surface area contributed by atoms with Crippen LogP contribution in [0.4, 0.5) is 11.4 Å². The minimum absolute atomic E-state index is 0.127. The number of likely N-dealkylation sites (N-methyl/N-ethyl adjacent to an activating group) is 1. The van der Waals surface area contributed by atoms with Crippen molar-refractivity contribution in [3.8, 4) is 0 Å². The number of hydrogen-bond donors (Lipinski definition) is 1. The van der Waals surface area contributed by atoms with Gasteiger partial charge in [0.1, 0.15) is 11.5 Å². The molecule has 0 aromatic heterocycles. The molecule has 0 radical (unpaired) electrons. The standard InChI is InChI=1S/C28H32N4O2/c1-30(2)23-10-8-20(9-11-23)25(33)12-13-26-29-24(28(34)31(26)3)18-19-16-21-6-4-14-32-15-5-7-22(17-19)27(21)32/h8-13,16-18,25,33H,4-7,14-15H2,1-3H3/b13-12+,24-18-. The Morgan fingerprint density at radius 3 is 2.32 bits per heavy atom. The predicted molar refractivity (Wildman–Crippen MR) is 138 cm³/mol. The Bertz CT molecular complexity index is 1160. The Kier molecular flexibility index (Phi) is 6.00. The van der Waals surface area contributed by atoms with Crippen molar-refractivity contribution in [2.75, 3.05) is 44.0 Å².